The van der Waals surface area contributed by atoms with E-state index in [1.54, 1.807) is 0 Å². The van der Waals surface area contributed by atoms with Gasteiger partial charge in [-0.3, -0.25) is 0 Å². The third-order valence-electron chi connectivity index (χ3n) is 3.58. The fourth-order valence-corrected chi connectivity index (χ4v) is 5.44. The molecule has 0 saturated heterocycles. The van der Waals surface area contributed by atoms with E-state index in [-0.39, 0.29) is 0 Å². The van der Waals surface area contributed by atoms with Crippen LogP contribution in [0.15, 0.2) is 42.5 Å². The van der Waals surface area contributed by atoms with Gasteiger partial charge in [0.25, 0.3) is 0 Å². The molecule has 0 spiro atoms. The van der Waals surface area contributed by atoms with Crippen molar-refractivity contribution in [1.29, 1.82) is 0 Å². The molecule has 1 unspecified atom stereocenters. The summed E-state index contributed by atoms with van der Waals surface area (Å²) in [7, 11) is 0. The first kappa shape index (κ1) is 19.9. The van der Waals surface area contributed by atoms with Crippen molar-refractivity contribution >= 4 is 15.0 Å². The Labute approximate surface area is 151 Å². The molecule has 5 heteroatoms. The van der Waals surface area contributed by atoms with Gasteiger partial charge in [0, 0.05) is 0 Å². The molecular weight excluding hydrogens is 481 g/mol. The Morgan fingerprint density at radius 1 is 1.13 bits per heavy atom. The van der Waals surface area contributed by atoms with Crippen LogP contribution in [0.5, 0.6) is 0 Å². The van der Waals surface area contributed by atoms with Gasteiger partial charge < -0.3 is 0 Å². The van der Waals surface area contributed by atoms with E-state index in [1.165, 1.54) is 0 Å². The standard InChI is InChI=1S/C12H20O4.C6H5.Hg/c1-3-5-6-10(4-2)9-16-12(15)8-7-11(13)14;1-2-4-6-5-3-1;/h7-8,10H,3-6,9H2,1-2H3,(H,13,14);1-5H;/q;;+1/p-1/b8-7-;;. The summed E-state index contributed by atoms with van der Waals surface area (Å²) in [6.45, 7) is 4.66. The van der Waals surface area contributed by atoms with Gasteiger partial charge in [-0.25, -0.2) is 0 Å². The molecule has 0 N–H and O–H groups in total. The molecular formula is C18H24HgO4. The first-order valence-corrected chi connectivity index (χ1v) is 13.2. The van der Waals surface area contributed by atoms with Crippen LogP contribution in [0.3, 0.4) is 0 Å². The van der Waals surface area contributed by atoms with Crippen molar-refractivity contribution in [3.63, 3.8) is 0 Å². The van der Waals surface area contributed by atoms with Gasteiger partial charge >= 0.3 is 152 Å². The number of carbonyl (C=O) groups is 2. The quantitative estimate of drug-likeness (QED) is 0.279. The van der Waals surface area contributed by atoms with Crippen molar-refractivity contribution < 1.29 is 42.0 Å². The zero-order valence-corrected chi connectivity index (χ0v) is 19.5. The molecule has 23 heavy (non-hydrogen) atoms. The maximum atomic E-state index is 11.6. The van der Waals surface area contributed by atoms with E-state index in [4.69, 9.17) is 7.38 Å². The van der Waals surface area contributed by atoms with Crippen molar-refractivity contribution in [2.75, 3.05) is 6.61 Å². The summed E-state index contributed by atoms with van der Waals surface area (Å²) >= 11 is -1.86. The van der Waals surface area contributed by atoms with Crippen molar-refractivity contribution in [2.45, 2.75) is 39.5 Å². The summed E-state index contributed by atoms with van der Waals surface area (Å²) in [5, 5.41) is 0. The summed E-state index contributed by atoms with van der Waals surface area (Å²) in [5.74, 6) is -0.534. The summed E-state index contributed by atoms with van der Waals surface area (Å²) in [4.78, 5) is 23.2. The third kappa shape index (κ3) is 9.54. The molecule has 0 amide bonds. The number of ether oxygens (including phenoxy) is 1. The Kier molecular flexibility index (Phi) is 10.6. The Bertz CT molecular complexity index is 499. The maximum absolute atomic E-state index is 11.6. The fraction of sp³-hybridized carbons (Fsp3) is 0.444. The average molecular weight is 505 g/mol. The van der Waals surface area contributed by atoms with Crippen molar-refractivity contribution in [1.82, 2.24) is 0 Å². The van der Waals surface area contributed by atoms with Crippen LogP contribution in [0.4, 0.5) is 0 Å². The van der Waals surface area contributed by atoms with Gasteiger partial charge in [0.05, 0.1) is 0 Å². The molecule has 122 valence electrons. The SMILES string of the molecule is CCCCC(CC)COC(=O)/C=C\C(=O)[O][Hg][c]1ccccc1. The molecule has 0 saturated carbocycles. The van der Waals surface area contributed by atoms with E-state index < -0.39 is 37.0 Å². The topological polar surface area (TPSA) is 52.6 Å². The number of rotatable bonds is 10. The van der Waals surface area contributed by atoms with E-state index in [2.05, 4.69) is 13.8 Å². The minimum absolute atomic E-state index is 0.397. The molecule has 0 aliphatic heterocycles. The molecule has 0 aliphatic carbocycles. The van der Waals surface area contributed by atoms with Crippen molar-refractivity contribution in [3.8, 4) is 0 Å². The van der Waals surface area contributed by atoms with Crippen LogP contribution in [0, 0.1) is 5.92 Å². The number of hydrogen-bond donors (Lipinski definition) is 0. The summed E-state index contributed by atoms with van der Waals surface area (Å²) < 4.78 is 11.6. The Morgan fingerprint density at radius 2 is 1.83 bits per heavy atom. The van der Waals surface area contributed by atoms with Crippen LogP contribution in [0.1, 0.15) is 39.5 Å². The van der Waals surface area contributed by atoms with Gasteiger partial charge in [-0.15, -0.1) is 0 Å². The molecule has 1 aromatic carbocycles. The zero-order valence-electron chi connectivity index (χ0n) is 14.0. The second kappa shape index (κ2) is 12.3. The average Bonchev–Trinajstić information content (AvgIpc) is 2.59. The number of esters is 1. The van der Waals surface area contributed by atoms with Crippen LogP contribution in [-0.2, 0) is 42.0 Å². The van der Waals surface area contributed by atoms with Crippen LogP contribution in [0.25, 0.3) is 0 Å². The number of carbonyl (C=O) groups excluding carboxylic acids is 2. The summed E-state index contributed by atoms with van der Waals surface area (Å²) in [5.41, 5.74) is 0. The summed E-state index contributed by atoms with van der Waals surface area (Å²) in [6, 6.07) is 9.72. The molecule has 1 aromatic rings. The van der Waals surface area contributed by atoms with Crippen molar-refractivity contribution in [3.05, 3.63) is 42.5 Å². The molecule has 0 fully saturated rings. The van der Waals surface area contributed by atoms with Crippen LogP contribution in [-0.4, -0.2) is 18.5 Å². The monoisotopic (exact) mass is 506 g/mol. The van der Waals surface area contributed by atoms with E-state index in [0.29, 0.717) is 12.5 Å². The molecule has 4 nitrogen and oxygen atoms in total. The van der Waals surface area contributed by atoms with Gasteiger partial charge in [-0.2, -0.15) is 0 Å². The second-order valence-electron chi connectivity index (χ2n) is 5.47. The Hall–Kier alpha value is -1.16. The van der Waals surface area contributed by atoms with Crippen LogP contribution in [0.2, 0.25) is 0 Å². The molecule has 0 bridgehead atoms. The predicted molar refractivity (Wildman–Crippen MR) is 85.6 cm³/mol. The van der Waals surface area contributed by atoms with Gasteiger partial charge in [0.1, 0.15) is 0 Å². The van der Waals surface area contributed by atoms with Gasteiger partial charge in [0.2, 0.25) is 0 Å². The molecule has 0 radical (unpaired) electrons. The molecule has 0 heterocycles. The molecule has 1 atom stereocenters. The van der Waals surface area contributed by atoms with E-state index >= 15 is 0 Å². The van der Waals surface area contributed by atoms with Crippen LogP contribution >= 0.6 is 0 Å². The van der Waals surface area contributed by atoms with Gasteiger partial charge in [0.15, 0.2) is 0 Å². The second-order valence-corrected chi connectivity index (χ2v) is 10.9. The number of hydrogen-bond acceptors (Lipinski definition) is 4. The molecule has 0 aromatic heterocycles. The van der Waals surface area contributed by atoms with Crippen molar-refractivity contribution in [2.24, 2.45) is 5.92 Å². The first-order chi connectivity index (χ1) is 11.2. The first-order valence-electron chi connectivity index (χ1n) is 8.21. The van der Waals surface area contributed by atoms with Crippen LogP contribution < -0.4 is 3.07 Å². The third-order valence-corrected chi connectivity index (χ3v) is 8.38. The summed E-state index contributed by atoms with van der Waals surface area (Å²) in [6.07, 6.45) is 6.67. The Morgan fingerprint density at radius 3 is 2.48 bits per heavy atom. The normalized spacial score (nSPS) is 11.7. The van der Waals surface area contributed by atoms with Gasteiger partial charge in [-0.05, 0) is 0 Å². The number of benzene rings is 1. The van der Waals surface area contributed by atoms with E-state index in [0.717, 1.165) is 40.9 Å². The van der Waals surface area contributed by atoms with E-state index in [1.807, 2.05) is 30.3 Å². The predicted octanol–water partition coefficient (Wildman–Crippen LogP) is 3.17. The number of unbranched alkanes of at least 4 members (excludes halogenated alkanes) is 1. The van der Waals surface area contributed by atoms with Gasteiger partial charge in [-0.1, -0.05) is 0 Å². The van der Waals surface area contributed by atoms with E-state index in [9.17, 15) is 9.59 Å². The Balaban J connectivity index is 2.26. The minimum atomic E-state index is -1.86. The fourth-order valence-electron chi connectivity index (χ4n) is 2.06. The molecule has 0 aliphatic rings. The zero-order chi connectivity index (χ0) is 16.9. The molecule has 1 rings (SSSR count).